The van der Waals surface area contributed by atoms with Crippen molar-refractivity contribution in [3.05, 3.63) is 41.6 Å². The summed E-state index contributed by atoms with van der Waals surface area (Å²) in [6.45, 7) is 0. The van der Waals surface area contributed by atoms with Crippen molar-refractivity contribution in [2.45, 2.75) is 25.0 Å². The Morgan fingerprint density at radius 3 is 2.39 bits per heavy atom. The summed E-state index contributed by atoms with van der Waals surface area (Å²) in [5.74, 6) is -0.448. The van der Waals surface area contributed by atoms with E-state index in [1.165, 1.54) is 19.2 Å². The van der Waals surface area contributed by atoms with Gasteiger partial charge in [0, 0.05) is 6.08 Å². The molecule has 0 spiro atoms. The smallest absolute Gasteiger partial charge is 0.291 e. The third kappa shape index (κ3) is 3.39. The number of rotatable bonds is 5. The van der Waals surface area contributed by atoms with Crippen LogP contribution in [-0.2, 0) is 11.2 Å². The number of allylic oxidation sites excluding steroid dienone is 1. The Bertz CT molecular complexity index is 607. The average molecular weight is 334 g/mol. The number of nitrogens with one attached hydrogen (secondary N) is 1. The van der Waals surface area contributed by atoms with Crippen LogP contribution in [0.5, 0.6) is 5.75 Å². The zero-order valence-corrected chi connectivity index (χ0v) is 12.0. The summed E-state index contributed by atoms with van der Waals surface area (Å²) >= 11 is 0. The number of nitrogens with zero attached hydrogens (tertiary/aromatic N) is 1. The number of ether oxygens (including phenoxy) is 1. The van der Waals surface area contributed by atoms with E-state index in [-0.39, 0.29) is 17.5 Å². The van der Waals surface area contributed by atoms with E-state index in [1.54, 1.807) is 12.1 Å². The molecule has 2 N–H and O–H groups in total. The molecule has 23 heavy (non-hydrogen) atoms. The SMILES string of the molecule is COc1ccc(CC(=O)N2NC(C(F)F)=CC2(O)C(F)F)cc1. The first-order chi connectivity index (χ1) is 10.8. The molecule has 0 saturated heterocycles. The fourth-order valence-electron chi connectivity index (χ4n) is 2.08. The minimum absolute atomic E-state index is 0.128. The maximum Gasteiger partial charge on any atom is 0.291 e. The van der Waals surface area contributed by atoms with Crippen molar-refractivity contribution in [1.82, 2.24) is 10.4 Å². The molecule has 1 amide bonds. The van der Waals surface area contributed by atoms with Crippen LogP contribution >= 0.6 is 0 Å². The van der Waals surface area contributed by atoms with E-state index in [4.69, 9.17) is 4.74 Å². The second kappa shape index (κ2) is 6.45. The Morgan fingerprint density at radius 1 is 1.30 bits per heavy atom. The molecule has 1 atom stereocenters. The van der Waals surface area contributed by atoms with Crippen LogP contribution in [0.1, 0.15) is 5.56 Å². The summed E-state index contributed by atoms with van der Waals surface area (Å²) in [6, 6.07) is 6.16. The molecule has 0 radical (unpaired) electrons. The molecular formula is C14H14F4N2O3. The Kier molecular flexibility index (Phi) is 4.79. The van der Waals surface area contributed by atoms with Crippen molar-refractivity contribution >= 4 is 5.91 Å². The highest BCUT2D eigenvalue weighted by Gasteiger charge is 2.50. The summed E-state index contributed by atoms with van der Waals surface area (Å²) in [5, 5.41) is 9.97. The van der Waals surface area contributed by atoms with Gasteiger partial charge in [-0.3, -0.25) is 10.2 Å². The lowest BCUT2D eigenvalue weighted by Gasteiger charge is -2.31. The quantitative estimate of drug-likeness (QED) is 0.805. The Hall–Kier alpha value is -2.29. The molecule has 1 heterocycles. The number of carbonyl (C=O) groups excluding carboxylic acids is 1. The summed E-state index contributed by atoms with van der Waals surface area (Å²) < 4.78 is 56.3. The molecule has 1 aliphatic rings. The minimum Gasteiger partial charge on any atom is -0.497 e. The van der Waals surface area contributed by atoms with Gasteiger partial charge in [0.05, 0.1) is 19.2 Å². The van der Waals surface area contributed by atoms with E-state index in [0.29, 0.717) is 11.3 Å². The third-order valence-electron chi connectivity index (χ3n) is 3.29. The van der Waals surface area contributed by atoms with E-state index < -0.39 is 30.2 Å². The first kappa shape index (κ1) is 17.1. The Balaban J connectivity index is 2.17. The average Bonchev–Trinajstić information content (AvgIpc) is 2.88. The van der Waals surface area contributed by atoms with E-state index in [0.717, 1.165) is 0 Å². The van der Waals surface area contributed by atoms with Gasteiger partial charge in [-0.2, -0.15) is 0 Å². The number of aliphatic hydroxyl groups is 1. The number of hydrogen-bond donors (Lipinski definition) is 2. The van der Waals surface area contributed by atoms with Gasteiger partial charge in [-0.25, -0.2) is 22.6 Å². The van der Waals surface area contributed by atoms with E-state index in [2.05, 4.69) is 0 Å². The van der Waals surface area contributed by atoms with E-state index in [9.17, 15) is 27.5 Å². The van der Waals surface area contributed by atoms with Gasteiger partial charge in [0.1, 0.15) is 5.75 Å². The molecule has 0 saturated carbocycles. The molecule has 9 heteroatoms. The van der Waals surface area contributed by atoms with Gasteiger partial charge in [-0.15, -0.1) is 0 Å². The number of halogens is 4. The fraction of sp³-hybridized carbons (Fsp3) is 0.357. The predicted octanol–water partition coefficient (Wildman–Crippen LogP) is 1.69. The van der Waals surface area contributed by atoms with E-state index >= 15 is 0 Å². The van der Waals surface area contributed by atoms with Crippen molar-refractivity contribution < 1.29 is 32.2 Å². The van der Waals surface area contributed by atoms with Gasteiger partial charge < -0.3 is 9.84 Å². The Morgan fingerprint density at radius 2 is 1.91 bits per heavy atom. The molecule has 0 aliphatic carbocycles. The lowest BCUT2D eigenvalue weighted by molar-refractivity contribution is -0.182. The predicted molar refractivity (Wildman–Crippen MR) is 71.7 cm³/mol. The number of methoxy groups -OCH3 is 1. The fourth-order valence-corrected chi connectivity index (χ4v) is 2.08. The summed E-state index contributed by atoms with van der Waals surface area (Å²) in [6.07, 6.45) is -6.69. The highest BCUT2D eigenvalue weighted by Crippen LogP contribution is 2.30. The van der Waals surface area contributed by atoms with Crippen molar-refractivity contribution in [2.75, 3.05) is 7.11 Å². The van der Waals surface area contributed by atoms with Gasteiger partial charge in [0.15, 0.2) is 0 Å². The van der Waals surface area contributed by atoms with Gasteiger partial charge >= 0.3 is 0 Å². The molecule has 5 nitrogen and oxygen atoms in total. The standard InChI is InChI=1S/C14H14F4N2O3/c1-23-9-4-2-8(3-5-9)6-11(21)20-14(22,13(17)18)7-10(19-20)12(15)16/h2-5,7,12-13,19,22H,6H2,1H3. The van der Waals surface area contributed by atoms with Crippen molar-refractivity contribution in [2.24, 2.45) is 0 Å². The maximum absolute atomic E-state index is 13.0. The molecule has 1 aliphatic heterocycles. The van der Waals surface area contributed by atoms with Gasteiger partial charge in [0.25, 0.3) is 12.9 Å². The monoisotopic (exact) mass is 334 g/mol. The minimum atomic E-state index is -3.45. The van der Waals surface area contributed by atoms with Gasteiger partial charge in [0.2, 0.25) is 11.6 Å². The molecule has 0 aromatic heterocycles. The third-order valence-corrected chi connectivity index (χ3v) is 3.29. The van der Waals surface area contributed by atoms with Crippen LogP contribution in [0.4, 0.5) is 17.6 Å². The van der Waals surface area contributed by atoms with Crippen LogP contribution in [0.25, 0.3) is 0 Å². The number of hydrogen-bond acceptors (Lipinski definition) is 4. The zero-order chi connectivity index (χ0) is 17.2. The summed E-state index contributed by atoms with van der Waals surface area (Å²) in [5.41, 5.74) is -1.77. The van der Waals surface area contributed by atoms with Crippen LogP contribution in [-0.4, -0.2) is 41.7 Å². The van der Waals surface area contributed by atoms with Crippen LogP contribution < -0.4 is 10.2 Å². The van der Waals surface area contributed by atoms with Crippen LogP contribution in [0, 0.1) is 0 Å². The maximum atomic E-state index is 13.0. The van der Waals surface area contributed by atoms with Crippen LogP contribution in [0.15, 0.2) is 36.0 Å². The molecule has 2 rings (SSSR count). The number of hydrazine groups is 1. The number of benzene rings is 1. The van der Waals surface area contributed by atoms with Crippen LogP contribution in [0.3, 0.4) is 0 Å². The largest absolute Gasteiger partial charge is 0.497 e. The Labute approximate surface area is 129 Å². The number of carbonyl (C=O) groups is 1. The van der Waals surface area contributed by atoms with Gasteiger partial charge in [-0.1, -0.05) is 12.1 Å². The highest BCUT2D eigenvalue weighted by atomic mass is 19.3. The summed E-state index contributed by atoms with van der Waals surface area (Å²) in [4.78, 5) is 12.1. The summed E-state index contributed by atoms with van der Waals surface area (Å²) in [7, 11) is 1.45. The van der Waals surface area contributed by atoms with Crippen molar-refractivity contribution in [1.29, 1.82) is 0 Å². The molecule has 0 bridgehead atoms. The number of alkyl halides is 4. The highest BCUT2D eigenvalue weighted by molar-refractivity contribution is 5.80. The molecule has 1 aromatic rings. The van der Waals surface area contributed by atoms with Crippen molar-refractivity contribution in [3.8, 4) is 5.75 Å². The molecule has 1 unspecified atom stereocenters. The first-order valence-electron chi connectivity index (χ1n) is 6.52. The second-order valence-electron chi connectivity index (χ2n) is 4.85. The first-order valence-corrected chi connectivity index (χ1v) is 6.52. The van der Waals surface area contributed by atoms with Crippen molar-refractivity contribution in [3.63, 3.8) is 0 Å². The van der Waals surface area contributed by atoms with Gasteiger partial charge in [-0.05, 0) is 17.7 Å². The molecule has 1 aromatic carbocycles. The molecular weight excluding hydrogens is 320 g/mol. The lowest BCUT2D eigenvalue weighted by Crippen LogP contribution is -2.57. The molecule has 0 fully saturated rings. The zero-order valence-electron chi connectivity index (χ0n) is 12.0. The van der Waals surface area contributed by atoms with Crippen LogP contribution in [0.2, 0.25) is 0 Å². The number of amides is 1. The second-order valence-corrected chi connectivity index (χ2v) is 4.85. The normalized spacial score (nSPS) is 20.7. The lowest BCUT2D eigenvalue weighted by atomic mass is 10.1. The topological polar surface area (TPSA) is 61.8 Å². The van der Waals surface area contributed by atoms with E-state index in [1.807, 2.05) is 5.43 Å². The molecule has 126 valence electrons.